The Morgan fingerprint density at radius 3 is 2.05 bits per heavy atom. The van der Waals surface area contributed by atoms with Gasteiger partial charge in [0, 0.05) is 12.4 Å². The molecule has 2 aromatic rings. The van der Waals surface area contributed by atoms with E-state index in [9.17, 15) is 5.11 Å². The van der Waals surface area contributed by atoms with Crippen molar-refractivity contribution in [3.63, 3.8) is 0 Å². The predicted molar refractivity (Wildman–Crippen MR) is 78.5 cm³/mol. The Bertz CT molecular complexity index is 539. The van der Waals surface area contributed by atoms with Gasteiger partial charge in [-0.05, 0) is 22.3 Å². The molecule has 0 heterocycles. The Morgan fingerprint density at radius 2 is 1.53 bits per heavy atom. The van der Waals surface area contributed by atoms with Crippen molar-refractivity contribution in [3.8, 4) is 11.1 Å². The van der Waals surface area contributed by atoms with E-state index in [4.69, 9.17) is 11.6 Å². The van der Waals surface area contributed by atoms with Gasteiger partial charge in [-0.3, -0.25) is 0 Å². The number of hydrogen-bond donors (Lipinski definition) is 2. The fourth-order valence-electron chi connectivity index (χ4n) is 2.68. The van der Waals surface area contributed by atoms with E-state index in [1.54, 1.807) is 0 Å². The molecule has 3 rings (SSSR count). The van der Waals surface area contributed by atoms with Gasteiger partial charge in [-0.15, -0.1) is 11.6 Å². The summed E-state index contributed by atoms with van der Waals surface area (Å²) in [4.78, 5) is 0. The molecule has 19 heavy (non-hydrogen) atoms. The number of aliphatic hydroxyl groups excluding tert-OH is 1. The predicted octanol–water partition coefficient (Wildman–Crippen LogP) is 2.95. The lowest BCUT2D eigenvalue weighted by Crippen LogP contribution is -2.31. The number of hydrogen-bond acceptors (Lipinski definition) is 2. The molecule has 1 aliphatic carbocycles. The van der Waals surface area contributed by atoms with Crippen LogP contribution in [-0.2, 0) is 0 Å². The van der Waals surface area contributed by atoms with Crippen LogP contribution in [0.1, 0.15) is 17.2 Å². The first kappa shape index (κ1) is 12.7. The van der Waals surface area contributed by atoms with Crippen molar-refractivity contribution in [1.82, 2.24) is 5.32 Å². The molecule has 2 N–H and O–H groups in total. The zero-order valence-corrected chi connectivity index (χ0v) is 11.3. The molecule has 0 radical (unpaired) electrons. The molecule has 0 fully saturated rings. The van der Waals surface area contributed by atoms with Crippen LogP contribution >= 0.6 is 11.6 Å². The molecule has 0 saturated carbocycles. The highest BCUT2D eigenvalue weighted by molar-refractivity contribution is 6.18. The van der Waals surface area contributed by atoms with Crippen molar-refractivity contribution >= 4 is 11.6 Å². The zero-order chi connectivity index (χ0) is 13.2. The van der Waals surface area contributed by atoms with Crippen LogP contribution < -0.4 is 5.32 Å². The molecule has 0 aliphatic heterocycles. The minimum atomic E-state index is -0.512. The minimum absolute atomic E-state index is 0.144. The summed E-state index contributed by atoms with van der Waals surface area (Å²) < 4.78 is 0. The molecular weight excluding hydrogens is 258 g/mol. The number of fused-ring (bicyclic) bond motifs is 3. The quantitative estimate of drug-likeness (QED) is 0.840. The number of benzene rings is 2. The van der Waals surface area contributed by atoms with Crippen LogP contribution in [0.15, 0.2) is 48.5 Å². The highest BCUT2D eigenvalue weighted by Crippen LogP contribution is 2.42. The first-order chi connectivity index (χ1) is 9.31. The average molecular weight is 274 g/mol. The third-order valence-electron chi connectivity index (χ3n) is 3.57. The second-order valence-electron chi connectivity index (χ2n) is 4.82. The van der Waals surface area contributed by atoms with Crippen molar-refractivity contribution in [3.05, 3.63) is 59.7 Å². The topological polar surface area (TPSA) is 32.3 Å². The highest BCUT2D eigenvalue weighted by atomic mass is 35.5. The number of nitrogens with one attached hydrogen (secondary N) is 1. The van der Waals surface area contributed by atoms with E-state index in [-0.39, 0.29) is 11.9 Å². The fourth-order valence-corrected chi connectivity index (χ4v) is 2.79. The molecule has 98 valence electrons. The van der Waals surface area contributed by atoms with Crippen molar-refractivity contribution in [1.29, 1.82) is 0 Å². The molecule has 0 bridgehead atoms. The molecule has 3 heteroatoms. The summed E-state index contributed by atoms with van der Waals surface area (Å²) in [6, 6.07) is 16.9. The molecule has 0 saturated heterocycles. The van der Waals surface area contributed by atoms with Crippen LogP contribution in [0, 0.1) is 0 Å². The summed E-state index contributed by atoms with van der Waals surface area (Å²) in [6.07, 6.45) is -0.512. The van der Waals surface area contributed by atoms with Crippen molar-refractivity contribution in [2.45, 2.75) is 12.1 Å². The first-order valence-corrected chi connectivity index (χ1v) is 7.00. The largest absolute Gasteiger partial charge is 0.391 e. The Balaban J connectivity index is 1.96. The van der Waals surface area contributed by atoms with Gasteiger partial charge in [-0.25, -0.2) is 0 Å². The van der Waals surface area contributed by atoms with E-state index in [2.05, 4.69) is 53.8 Å². The smallest absolute Gasteiger partial charge is 0.0799 e. The van der Waals surface area contributed by atoms with Gasteiger partial charge in [0.15, 0.2) is 0 Å². The van der Waals surface area contributed by atoms with E-state index in [0.29, 0.717) is 6.54 Å². The monoisotopic (exact) mass is 273 g/mol. The minimum Gasteiger partial charge on any atom is -0.391 e. The van der Waals surface area contributed by atoms with Gasteiger partial charge >= 0.3 is 0 Å². The molecule has 0 amide bonds. The molecule has 1 aliphatic rings. The van der Waals surface area contributed by atoms with Crippen molar-refractivity contribution in [2.24, 2.45) is 0 Å². The van der Waals surface area contributed by atoms with Gasteiger partial charge in [0.25, 0.3) is 0 Å². The Hall–Kier alpha value is -1.35. The van der Waals surface area contributed by atoms with E-state index in [1.807, 2.05) is 0 Å². The van der Waals surface area contributed by atoms with E-state index < -0.39 is 6.10 Å². The molecule has 2 nitrogen and oxygen atoms in total. The van der Waals surface area contributed by atoms with Crippen LogP contribution in [0.5, 0.6) is 0 Å². The summed E-state index contributed by atoms with van der Waals surface area (Å²) in [6.45, 7) is 0.497. The lowest BCUT2D eigenvalue weighted by atomic mass is 10.1. The molecule has 1 atom stereocenters. The summed E-state index contributed by atoms with van der Waals surface area (Å²) in [7, 11) is 0. The standard InChI is InChI=1S/C16H16ClNO/c17-9-11(19)10-18-16-14-7-3-1-5-12(14)13-6-2-4-8-15(13)16/h1-8,11,16,18-19H,9-10H2. The second-order valence-corrected chi connectivity index (χ2v) is 5.13. The van der Waals surface area contributed by atoms with Crippen LogP contribution in [0.2, 0.25) is 0 Å². The normalized spacial score (nSPS) is 15.1. The maximum Gasteiger partial charge on any atom is 0.0799 e. The van der Waals surface area contributed by atoms with Crippen LogP contribution in [0.3, 0.4) is 0 Å². The van der Waals surface area contributed by atoms with E-state index in [1.165, 1.54) is 22.3 Å². The van der Waals surface area contributed by atoms with Gasteiger partial charge in [0.1, 0.15) is 0 Å². The van der Waals surface area contributed by atoms with Gasteiger partial charge < -0.3 is 10.4 Å². The molecule has 2 aromatic carbocycles. The lowest BCUT2D eigenvalue weighted by molar-refractivity contribution is 0.191. The molecular formula is C16H16ClNO. The zero-order valence-electron chi connectivity index (χ0n) is 10.5. The first-order valence-electron chi connectivity index (χ1n) is 6.47. The Kier molecular flexibility index (Phi) is 3.56. The van der Waals surface area contributed by atoms with Gasteiger partial charge in [0.05, 0.1) is 12.1 Å². The lowest BCUT2D eigenvalue weighted by Gasteiger charge is -2.17. The summed E-state index contributed by atoms with van der Waals surface area (Å²) in [5.41, 5.74) is 5.09. The summed E-state index contributed by atoms with van der Waals surface area (Å²) in [5, 5.41) is 13.0. The van der Waals surface area contributed by atoms with Gasteiger partial charge in [-0.1, -0.05) is 48.5 Å². The molecule has 0 aromatic heterocycles. The maximum atomic E-state index is 9.62. The third kappa shape index (κ3) is 2.27. The number of rotatable bonds is 4. The maximum absolute atomic E-state index is 9.62. The Morgan fingerprint density at radius 1 is 1.00 bits per heavy atom. The fraction of sp³-hybridized carbons (Fsp3) is 0.250. The van der Waals surface area contributed by atoms with Crippen LogP contribution in [-0.4, -0.2) is 23.6 Å². The van der Waals surface area contributed by atoms with Crippen molar-refractivity contribution in [2.75, 3.05) is 12.4 Å². The highest BCUT2D eigenvalue weighted by Gasteiger charge is 2.27. The number of aliphatic hydroxyl groups is 1. The summed E-state index contributed by atoms with van der Waals surface area (Å²) >= 11 is 5.65. The van der Waals surface area contributed by atoms with Crippen LogP contribution in [0.25, 0.3) is 11.1 Å². The number of alkyl halides is 1. The SMILES string of the molecule is OC(CCl)CNC1c2ccccc2-c2ccccc21. The van der Waals surface area contributed by atoms with Gasteiger partial charge in [-0.2, -0.15) is 0 Å². The average Bonchev–Trinajstić information content (AvgIpc) is 2.79. The second kappa shape index (κ2) is 5.33. The number of halogens is 1. The van der Waals surface area contributed by atoms with E-state index >= 15 is 0 Å². The third-order valence-corrected chi connectivity index (χ3v) is 3.93. The van der Waals surface area contributed by atoms with Crippen LogP contribution in [0.4, 0.5) is 0 Å². The van der Waals surface area contributed by atoms with Gasteiger partial charge in [0.2, 0.25) is 0 Å². The van der Waals surface area contributed by atoms with E-state index in [0.717, 1.165) is 0 Å². The Labute approximate surface area is 118 Å². The molecule has 1 unspecified atom stereocenters. The van der Waals surface area contributed by atoms with Crippen molar-refractivity contribution < 1.29 is 5.11 Å². The molecule has 0 spiro atoms. The summed E-state index contributed by atoms with van der Waals surface area (Å²) in [5.74, 6) is 0.253.